The van der Waals surface area contributed by atoms with Crippen LogP contribution >= 0.6 is 0 Å². The van der Waals surface area contributed by atoms with Gasteiger partial charge in [0.1, 0.15) is 0 Å². The Morgan fingerprint density at radius 1 is 0.361 bits per heavy atom. The predicted octanol–water partition coefficient (Wildman–Crippen LogP) is 11.3. The van der Waals surface area contributed by atoms with Crippen LogP contribution < -0.4 is 0 Å². The van der Waals surface area contributed by atoms with E-state index in [0.717, 1.165) is 38.5 Å². The van der Waals surface area contributed by atoms with E-state index in [1.807, 2.05) is 6.08 Å². The van der Waals surface area contributed by atoms with E-state index < -0.39 is 0 Å². The molecule has 0 unspecified atom stereocenters. The number of allylic oxidation sites excluding steroid dienone is 13. The molecule has 0 aromatic rings. The van der Waals surface area contributed by atoms with Crippen molar-refractivity contribution in [2.45, 2.75) is 132 Å². The Morgan fingerprint density at radius 3 is 0.806 bits per heavy atom. The van der Waals surface area contributed by atoms with Crippen molar-refractivity contribution in [2.75, 3.05) is 6.61 Å². The summed E-state index contributed by atoms with van der Waals surface area (Å²) >= 11 is 0. The smallest absolute Gasteiger partial charge is 0.0614 e. The zero-order valence-electron chi connectivity index (χ0n) is 25.2. The monoisotopic (exact) mass is 494 g/mol. The maximum Gasteiger partial charge on any atom is 0.0614 e. The Kier molecular flexibility index (Phi) is 21.2. The SMILES string of the molecule is CC(C)=CCC/C(C)=C/CC/C(C)=C/CC/C(C)=C/CCC(C)=CCCC(C)=CCCC(C)=CCO. The average molecular weight is 495 g/mol. The van der Waals surface area contributed by atoms with Gasteiger partial charge in [-0.25, -0.2) is 0 Å². The van der Waals surface area contributed by atoms with Crippen LogP contribution in [-0.2, 0) is 0 Å². The van der Waals surface area contributed by atoms with Crippen LogP contribution in [0.1, 0.15) is 132 Å². The van der Waals surface area contributed by atoms with Gasteiger partial charge in [0, 0.05) is 0 Å². The minimum atomic E-state index is 0.152. The zero-order chi connectivity index (χ0) is 27.2. The molecular formula is C35H58O. The molecule has 204 valence electrons. The molecule has 0 radical (unpaired) electrons. The Labute approximate surface area is 225 Å². The van der Waals surface area contributed by atoms with E-state index in [-0.39, 0.29) is 6.61 Å². The van der Waals surface area contributed by atoms with Crippen LogP contribution in [0, 0.1) is 0 Å². The van der Waals surface area contributed by atoms with Crippen LogP contribution in [0.3, 0.4) is 0 Å². The van der Waals surface area contributed by atoms with Crippen molar-refractivity contribution in [3.63, 3.8) is 0 Å². The summed E-state index contributed by atoms with van der Waals surface area (Å²) in [6.07, 6.45) is 30.1. The minimum Gasteiger partial charge on any atom is -0.392 e. The molecule has 0 aromatic heterocycles. The third kappa shape index (κ3) is 22.6. The highest BCUT2D eigenvalue weighted by atomic mass is 16.2. The summed E-state index contributed by atoms with van der Waals surface area (Å²) in [5.74, 6) is 0. The summed E-state index contributed by atoms with van der Waals surface area (Å²) in [5, 5.41) is 8.93. The standard InChI is InChI=1S/C35H58O/c1-29(2)15-9-16-30(3)17-10-18-31(4)19-11-20-32(5)21-12-22-33(6)23-13-24-34(7)25-14-26-35(8)27-28-36/h15,17,19,21,23,25,27,36H,9-14,16,18,20,22,24,26,28H2,1-8H3/b30-17+,31-19+,32-21+,33-23?,34-25?,35-27?. The fourth-order valence-electron chi connectivity index (χ4n) is 4.09. The summed E-state index contributed by atoms with van der Waals surface area (Å²) < 4.78 is 0. The van der Waals surface area contributed by atoms with Gasteiger partial charge in [-0.05, 0) is 132 Å². The number of aliphatic hydroxyl groups excluding tert-OH is 1. The van der Waals surface area contributed by atoms with Gasteiger partial charge in [-0.3, -0.25) is 0 Å². The number of hydrogen-bond acceptors (Lipinski definition) is 1. The Morgan fingerprint density at radius 2 is 0.583 bits per heavy atom. The fourth-order valence-corrected chi connectivity index (χ4v) is 4.09. The van der Waals surface area contributed by atoms with Crippen LogP contribution in [0.25, 0.3) is 0 Å². The summed E-state index contributed by atoms with van der Waals surface area (Å²) in [4.78, 5) is 0. The van der Waals surface area contributed by atoms with E-state index in [1.54, 1.807) is 0 Å². The quantitative estimate of drug-likeness (QED) is 0.177. The minimum absolute atomic E-state index is 0.152. The third-order valence-corrected chi connectivity index (χ3v) is 6.69. The normalized spacial score (nSPS) is 14.5. The lowest BCUT2D eigenvalue weighted by Crippen LogP contribution is -1.84. The third-order valence-electron chi connectivity index (χ3n) is 6.69. The van der Waals surface area contributed by atoms with Crippen LogP contribution in [0.15, 0.2) is 81.5 Å². The second-order valence-electron chi connectivity index (χ2n) is 11.0. The highest BCUT2D eigenvalue weighted by Gasteiger charge is 1.96. The maximum atomic E-state index is 8.93. The first-order chi connectivity index (χ1) is 17.1. The summed E-state index contributed by atoms with van der Waals surface area (Å²) in [5.41, 5.74) is 10.2. The van der Waals surface area contributed by atoms with Crippen molar-refractivity contribution < 1.29 is 5.11 Å². The second-order valence-corrected chi connectivity index (χ2v) is 11.0. The van der Waals surface area contributed by atoms with Crippen LogP contribution in [-0.4, -0.2) is 11.7 Å². The molecule has 0 aromatic carbocycles. The molecular weight excluding hydrogens is 436 g/mol. The highest BCUT2D eigenvalue weighted by molar-refractivity contribution is 5.09. The number of hydrogen-bond donors (Lipinski definition) is 1. The van der Waals surface area contributed by atoms with E-state index in [0.29, 0.717) is 0 Å². The maximum absolute atomic E-state index is 8.93. The van der Waals surface area contributed by atoms with E-state index in [9.17, 15) is 0 Å². The van der Waals surface area contributed by atoms with E-state index in [2.05, 4.69) is 91.8 Å². The van der Waals surface area contributed by atoms with Gasteiger partial charge in [-0.1, -0.05) is 81.5 Å². The van der Waals surface area contributed by atoms with E-state index >= 15 is 0 Å². The van der Waals surface area contributed by atoms with Crippen molar-refractivity contribution >= 4 is 0 Å². The molecule has 0 aliphatic rings. The van der Waals surface area contributed by atoms with E-state index in [4.69, 9.17) is 5.11 Å². The topological polar surface area (TPSA) is 20.2 Å². The number of rotatable bonds is 19. The van der Waals surface area contributed by atoms with Gasteiger partial charge < -0.3 is 5.11 Å². The van der Waals surface area contributed by atoms with E-state index in [1.165, 1.54) is 77.5 Å². The highest BCUT2D eigenvalue weighted by Crippen LogP contribution is 2.16. The molecule has 0 saturated heterocycles. The predicted molar refractivity (Wildman–Crippen MR) is 164 cm³/mol. The molecule has 0 heterocycles. The molecule has 0 spiro atoms. The molecule has 36 heavy (non-hydrogen) atoms. The molecule has 0 bridgehead atoms. The summed E-state index contributed by atoms with van der Waals surface area (Å²) in [6.45, 7) is 17.9. The van der Waals surface area contributed by atoms with Gasteiger partial charge >= 0.3 is 0 Å². The largest absolute Gasteiger partial charge is 0.392 e. The molecule has 1 nitrogen and oxygen atoms in total. The first-order valence-corrected chi connectivity index (χ1v) is 14.3. The molecule has 1 heteroatoms. The molecule has 0 aliphatic carbocycles. The molecule has 0 aliphatic heterocycles. The first-order valence-electron chi connectivity index (χ1n) is 14.3. The van der Waals surface area contributed by atoms with Gasteiger partial charge in [0.25, 0.3) is 0 Å². The Bertz CT molecular complexity index is 804. The van der Waals surface area contributed by atoms with Crippen LogP contribution in [0.4, 0.5) is 0 Å². The first kappa shape index (κ1) is 34.1. The van der Waals surface area contributed by atoms with Crippen molar-refractivity contribution in [1.29, 1.82) is 0 Å². The number of aliphatic hydroxyl groups is 1. The molecule has 0 amide bonds. The van der Waals surface area contributed by atoms with Crippen LogP contribution in [0.5, 0.6) is 0 Å². The van der Waals surface area contributed by atoms with Crippen molar-refractivity contribution in [3.8, 4) is 0 Å². The van der Waals surface area contributed by atoms with Gasteiger partial charge in [0.15, 0.2) is 0 Å². The van der Waals surface area contributed by atoms with Crippen LogP contribution in [0.2, 0.25) is 0 Å². The summed E-state index contributed by atoms with van der Waals surface area (Å²) in [7, 11) is 0. The average Bonchev–Trinajstić information content (AvgIpc) is 2.79. The molecule has 0 atom stereocenters. The zero-order valence-corrected chi connectivity index (χ0v) is 25.2. The molecule has 0 saturated carbocycles. The van der Waals surface area contributed by atoms with Gasteiger partial charge in [-0.2, -0.15) is 0 Å². The molecule has 0 rings (SSSR count). The lowest BCUT2D eigenvalue weighted by Gasteiger charge is -2.04. The van der Waals surface area contributed by atoms with Gasteiger partial charge in [0.2, 0.25) is 0 Å². The van der Waals surface area contributed by atoms with Crippen molar-refractivity contribution in [2.24, 2.45) is 0 Å². The fraction of sp³-hybridized carbons (Fsp3) is 0.600. The second kappa shape index (κ2) is 22.3. The van der Waals surface area contributed by atoms with Gasteiger partial charge in [-0.15, -0.1) is 0 Å². The summed E-state index contributed by atoms with van der Waals surface area (Å²) in [6, 6.07) is 0. The van der Waals surface area contributed by atoms with Crippen molar-refractivity contribution in [3.05, 3.63) is 81.5 Å². The van der Waals surface area contributed by atoms with Gasteiger partial charge in [0.05, 0.1) is 6.61 Å². The molecule has 1 N–H and O–H groups in total. The van der Waals surface area contributed by atoms with Crippen molar-refractivity contribution in [1.82, 2.24) is 0 Å². The Hall–Kier alpha value is -1.86. The Balaban J connectivity index is 4.14. The molecule has 0 fully saturated rings. The lowest BCUT2D eigenvalue weighted by atomic mass is 10.0. The lowest BCUT2D eigenvalue weighted by molar-refractivity contribution is 0.341.